The second kappa shape index (κ2) is 5.98. The number of rotatable bonds is 3. The first kappa shape index (κ1) is 14.7. The highest BCUT2D eigenvalue weighted by atomic mass is 14.3. The van der Waals surface area contributed by atoms with Crippen LogP contribution in [0.2, 0.25) is 0 Å². The van der Waals surface area contributed by atoms with Gasteiger partial charge in [-0.05, 0) is 63.9 Å². The van der Waals surface area contributed by atoms with Crippen LogP contribution < -0.4 is 0 Å². The van der Waals surface area contributed by atoms with Crippen LogP contribution in [0, 0.1) is 6.92 Å². The van der Waals surface area contributed by atoms with Crippen molar-refractivity contribution in [2.24, 2.45) is 0 Å². The summed E-state index contributed by atoms with van der Waals surface area (Å²) in [4.78, 5) is 0. The number of fused-ring (bicyclic) bond motifs is 3. The Morgan fingerprint density at radius 3 is 2.46 bits per heavy atom. The molecule has 0 nitrogen and oxygen atoms in total. The molecule has 0 aliphatic heterocycles. The third-order valence-electron chi connectivity index (χ3n) is 4.88. The predicted molar refractivity (Wildman–Crippen MR) is 104 cm³/mol. The SMILES string of the molecule is C=CC=Cc1cc2c(c(-c3ccccc3)c1C)Cc1ccccc1-2. The molecule has 0 saturated heterocycles. The molecule has 1 aliphatic rings. The summed E-state index contributed by atoms with van der Waals surface area (Å²) in [7, 11) is 0. The highest BCUT2D eigenvalue weighted by Gasteiger charge is 2.24. The fourth-order valence-corrected chi connectivity index (χ4v) is 3.75. The van der Waals surface area contributed by atoms with Gasteiger partial charge in [-0.3, -0.25) is 0 Å². The van der Waals surface area contributed by atoms with Gasteiger partial charge in [-0.25, -0.2) is 0 Å². The second-order valence-corrected chi connectivity index (χ2v) is 6.29. The van der Waals surface area contributed by atoms with Crippen molar-refractivity contribution >= 4 is 6.08 Å². The van der Waals surface area contributed by atoms with Crippen LogP contribution in [0.3, 0.4) is 0 Å². The largest absolute Gasteiger partial charge is 0.0991 e. The van der Waals surface area contributed by atoms with Crippen LogP contribution in [0.4, 0.5) is 0 Å². The van der Waals surface area contributed by atoms with Crippen LogP contribution in [-0.2, 0) is 6.42 Å². The minimum absolute atomic E-state index is 1.02. The molecule has 0 spiro atoms. The molecule has 0 bridgehead atoms. The third kappa shape index (κ3) is 2.32. The predicted octanol–water partition coefficient (Wildman–Crippen LogP) is 6.43. The van der Waals surface area contributed by atoms with Gasteiger partial charge in [-0.1, -0.05) is 79.4 Å². The van der Waals surface area contributed by atoms with Crippen LogP contribution in [0.25, 0.3) is 28.3 Å². The van der Waals surface area contributed by atoms with Crippen molar-refractivity contribution in [2.75, 3.05) is 0 Å². The van der Waals surface area contributed by atoms with Crippen molar-refractivity contribution in [1.29, 1.82) is 0 Å². The lowest BCUT2D eigenvalue weighted by molar-refractivity contribution is 1.25. The fraction of sp³-hybridized carbons (Fsp3) is 0.0833. The van der Waals surface area contributed by atoms with Gasteiger partial charge >= 0.3 is 0 Å². The highest BCUT2D eigenvalue weighted by molar-refractivity contribution is 5.89. The van der Waals surface area contributed by atoms with Crippen molar-refractivity contribution in [3.63, 3.8) is 0 Å². The number of benzene rings is 3. The van der Waals surface area contributed by atoms with E-state index in [2.05, 4.69) is 80.2 Å². The van der Waals surface area contributed by atoms with Gasteiger partial charge in [0.25, 0.3) is 0 Å². The standard InChI is InChI=1S/C24H20/c1-3-4-10-19-15-22-21-14-9-8-13-20(21)16-23(22)24(17(19)2)18-11-6-5-7-12-18/h3-15H,1,16H2,2H3. The quantitative estimate of drug-likeness (QED) is 0.382. The van der Waals surface area contributed by atoms with Crippen molar-refractivity contribution in [1.82, 2.24) is 0 Å². The van der Waals surface area contributed by atoms with Gasteiger partial charge in [0.2, 0.25) is 0 Å². The third-order valence-corrected chi connectivity index (χ3v) is 4.88. The van der Waals surface area contributed by atoms with Gasteiger partial charge in [0, 0.05) is 0 Å². The van der Waals surface area contributed by atoms with E-state index < -0.39 is 0 Å². The molecule has 116 valence electrons. The Balaban J connectivity index is 2.03. The summed E-state index contributed by atoms with van der Waals surface area (Å²) in [6.45, 7) is 6.04. The minimum atomic E-state index is 1.02. The van der Waals surface area contributed by atoms with Crippen molar-refractivity contribution < 1.29 is 0 Å². The molecule has 0 heterocycles. The minimum Gasteiger partial charge on any atom is -0.0991 e. The van der Waals surface area contributed by atoms with Crippen molar-refractivity contribution in [2.45, 2.75) is 13.3 Å². The Morgan fingerprint density at radius 2 is 1.67 bits per heavy atom. The summed E-state index contributed by atoms with van der Waals surface area (Å²) < 4.78 is 0. The number of hydrogen-bond donors (Lipinski definition) is 0. The smallest absolute Gasteiger partial charge is 0.000718 e. The van der Waals surface area contributed by atoms with E-state index in [0.29, 0.717) is 0 Å². The van der Waals surface area contributed by atoms with Gasteiger partial charge in [-0.15, -0.1) is 0 Å². The summed E-state index contributed by atoms with van der Waals surface area (Å²) in [6.07, 6.45) is 7.03. The summed E-state index contributed by atoms with van der Waals surface area (Å²) >= 11 is 0. The maximum atomic E-state index is 3.81. The lowest BCUT2D eigenvalue weighted by atomic mass is 9.88. The topological polar surface area (TPSA) is 0 Å². The molecule has 0 atom stereocenters. The molecule has 3 aromatic rings. The molecule has 0 unspecified atom stereocenters. The molecule has 0 heteroatoms. The lowest BCUT2D eigenvalue weighted by Crippen LogP contribution is -1.95. The van der Waals surface area contributed by atoms with Gasteiger partial charge < -0.3 is 0 Å². The van der Waals surface area contributed by atoms with E-state index in [4.69, 9.17) is 0 Å². The van der Waals surface area contributed by atoms with Crippen LogP contribution in [0.5, 0.6) is 0 Å². The Kier molecular flexibility index (Phi) is 3.66. The molecular formula is C24H20. The summed E-state index contributed by atoms with van der Waals surface area (Å²) in [6, 6.07) is 21.8. The molecule has 0 amide bonds. The summed E-state index contributed by atoms with van der Waals surface area (Å²) in [5.41, 5.74) is 10.9. The van der Waals surface area contributed by atoms with Crippen molar-refractivity contribution in [3.05, 3.63) is 102 Å². The average Bonchev–Trinajstić information content (AvgIpc) is 2.98. The summed E-state index contributed by atoms with van der Waals surface area (Å²) in [5, 5.41) is 0. The fourth-order valence-electron chi connectivity index (χ4n) is 3.75. The molecule has 3 aromatic carbocycles. The zero-order valence-corrected chi connectivity index (χ0v) is 13.9. The molecule has 4 rings (SSSR count). The Morgan fingerprint density at radius 1 is 0.917 bits per heavy atom. The normalized spacial score (nSPS) is 12.2. The molecular weight excluding hydrogens is 288 g/mol. The van der Waals surface area contributed by atoms with Crippen LogP contribution in [0.1, 0.15) is 22.3 Å². The van der Waals surface area contributed by atoms with Gasteiger partial charge in [0.15, 0.2) is 0 Å². The monoisotopic (exact) mass is 308 g/mol. The molecule has 0 fully saturated rings. The first-order chi connectivity index (χ1) is 11.8. The maximum Gasteiger partial charge on any atom is -0.000718 e. The van der Waals surface area contributed by atoms with Crippen molar-refractivity contribution in [3.8, 4) is 22.3 Å². The van der Waals surface area contributed by atoms with E-state index in [1.807, 2.05) is 12.2 Å². The molecule has 0 saturated carbocycles. The lowest BCUT2D eigenvalue weighted by Gasteiger charge is -2.16. The van der Waals surface area contributed by atoms with Gasteiger partial charge in [-0.2, -0.15) is 0 Å². The summed E-state index contributed by atoms with van der Waals surface area (Å²) in [5.74, 6) is 0. The number of hydrogen-bond acceptors (Lipinski definition) is 0. The van der Waals surface area contributed by atoms with Gasteiger partial charge in [0.1, 0.15) is 0 Å². The molecule has 0 N–H and O–H groups in total. The first-order valence-corrected chi connectivity index (χ1v) is 8.39. The second-order valence-electron chi connectivity index (χ2n) is 6.29. The van der Waals surface area contributed by atoms with Crippen LogP contribution >= 0.6 is 0 Å². The van der Waals surface area contributed by atoms with E-state index in [1.165, 1.54) is 44.5 Å². The Hall–Kier alpha value is -2.86. The average molecular weight is 308 g/mol. The van der Waals surface area contributed by atoms with E-state index in [9.17, 15) is 0 Å². The van der Waals surface area contributed by atoms with E-state index in [-0.39, 0.29) is 0 Å². The Bertz CT molecular complexity index is 943. The first-order valence-electron chi connectivity index (χ1n) is 8.39. The molecule has 24 heavy (non-hydrogen) atoms. The van der Waals surface area contributed by atoms with Crippen LogP contribution in [0.15, 0.2) is 79.4 Å². The van der Waals surface area contributed by atoms with E-state index in [1.54, 1.807) is 0 Å². The van der Waals surface area contributed by atoms with Crippen LogP contribution in [-0.4, -0.2) is 0 Å². The maximum absolute atomic E-state index is 3.81. The molecule has 1 aliphatic carbocycles. The van der Waals surface area contributed by atoms with Gasteiger partial charge in [0.05, 0.1) is 0 Å². The molecule has 0 aromatic heterocycles. The van der Waals surface area contributed by atoms with E-state index in [0.717, 1.165) is 6.42 Å². The number of allylic oxidation sites excluding steroid dienone is 2. The zero-order valence-electron chi connectivity index (χ0n) is 13.9. The Labute approximate surface area is 143 Å². The molecule has 0 radical (unpaired) electrons. The zero-order chi connectivity index (χ0) is 16.5. The van der Waals surface area contributed by atoms with E-state index >= 15 is 0 Å². The highest BCUT2D eigenvalue weighted by Crippen LogP contribution is 2.44.